The molecular formula is C10H10FN3O. The second-order valence-electron chi connectivity index (χ2n) is 3.03. The Labute approximate surface area is 86.1 Å². The van der Waals surface area contributed by atoms with Crippen molar-refractivity contribution < 1.29 is 9.13 Å². The predicted octanol–water partition coefficient (Wildman–Crippen LogP) is 1.60. The van der Waals surface area contributed by atoms with E-state index in [0.717, 1.165) is 0 Å². The van der Waals surface area contributed by atoms with E-state index in [1.807, 2.05) is 0 Å². The Morgan fingerprint density at radius 2 is 2.27 bits per heavy atom. The van der Waals surface area contributed by atoms with Gasteiger partial charge in [0, 0.05) is 11.8 Å². The lowest BCUT2D eigenvalue weighted by Crippen LogP contribution is -1.97. The second-order valence-corrected chi connectivity index (χ2v) is 3.03. The number of halogens is 1. The first-order valence-electron chi connectivity index (χ1n) is 4.34. The number of nitrogens with two attached hydrogens (primary N) is 1. The summed E-state index contributed by atoms with van der Waals surface area (Å²) in [6.45, 7) is 0. The van der Waals surface area contributed by atoms with Crippen LogP contribution in [0.2, 0.25) is 0 Å². The minimum atomic E-state index is -0.533. The lowest BCUT2D eigenvalue weighted by atomic mass is 10.2. The zero-order valence-corrected chi connectivity index (χ0v) is 8.14. The maximum Gasteiger partial charge on any atom is 0.231 e. The topological polar surface area (TPSA) is 53.1 Å². The van der Waals surface area contributed by atoms with Crippen molar-refractivity contribution in [3.8, 4) is 11.4 Å². The van der Waals surface area contributed by atoms with Gasteiger partial charge in [-0.15, -0.1) is 0 Å². The summed E-state index contributed by atoms with van der Waals surface area (Å²) in [6, 6.07) is 5.14. The number of ether oxygens (including phenoxy) is 1. The number of nitrogens with zero attached hydrogens (tertiary/aromatic N) is 2. The summed E-state index contributed by atoms with van der Waals surface area (Å²) in [7, 11) is 1.53. The number of nitrogen functional groups attached to an aromatic ring is 1. The highest BCUT2D eigenvalue weighted by Gasteiger charge is 2.06. The minimum Gasteiger partial charge on any atom is -0.494 e. The monoisotopic (exact) mass is 207 g/mol. The van der Waals surface area contributed by atoms with Crippen molar-refractivity contribution in [2.75, 3.05) is 12.8 Å². The highest BCUT2D eigenvalue weighted by molar-refractivity contribution is 5.55. The van der Waals surface area contributed by atoms with Gasteiger partial charge in [-0.2, -0.15) is 4.39 Å². The molecule has 5 heteroatoms. The van der Waals surface area contributed by atoms with Crippen molar-refractivity contribution in [1.29, 1.82) is 0 Å². The number of methoxy groups -OCH3 is 1. The van der Waals surface area contributed by atoms with E-state index in [2.05, 4.69) is 4.98 Å². The molecule has 15 heavy (non-hydrogen) atoms. The van der Waals surface area contributed by atoms with Crippen LogP contribution >= 0.6 is 0 Å². The normalized spacial score (nSPS) is 10.3. The summed E-state index contributed by atoms with van der Waals surface area (Å²) in [4.78, 5) is 3.50. The van der Waals surface area contributed by atoms with Crippen LogP contribution in [-0.4, -0.2) is 16.7 Å². The summed E-state index contributed by atoms with van der Waals surface area (Å²) >= 11 is 0. The zero-order chi connectivity index (χ0) is 10.8. The van der Waals surface area contributed by atoms with Crippen LogP contribution in [0.4, 0.5) is 10.1 Å². The Balaban J connectivity index is 2.52. The molecule has 0 saturated carbocycles. The van der Waals surface area contributed by atoms with E-state index >= 15 is 0 Å². The number of rotatable bonds is 2. The van der Waals surface area contributed by atoms with Crippen molar-refractivity contribution in [2.45, 2.75) is 0 Å². The van der Waals surface area contributed by atoms with Crippen molar-refractivity contribution >= 4 is 5.69 Å². The third-order valence-electron chi connectivity index (χ3n) is 2.03. The summed E-state index contributed by atoms with van der Waals surface area (Å²) in [5.74, 6) is 0.0429. The fraction of sp³-hybridized carbons (Fsp3) is 0.100. The lowest BCUT2D eigenvalue weighted by Gasteiger charge is -2.09. The average Bonchev–Trinajstić information content (AvgIpc) is 2.64. The van der Waals surface area contributed by atoms with Gasteiger partial charge in [0.15, 0.2) is 0 Å². The zero-order valence-electron chi connectivity index (χ0n) is 8.14. The van der Waals surface area contributed by atoms with E-state index < -0.39 is 5.95 Å². The van der Waals surface area contributed by atoms with Crippen LogP contribution in [0.1, 0.15) is 0 Å². The van der Waals surface area contributed by atoms with Gasteiger partial charge in [-0.1, -0.05) is 0 Å². The van der Waals surface area contributed by atoms with Gasteiger partial charge in [-0.05, 0) is 12.1 Å². The van der Waals surface area contributed by atoms with E-state index in [1.165, 1.54) is 24.2 Å². The van der Waals surface area contributed by atoms with Gasteiger partial charge >= 0.3 is 0 Å². The Morgan fingerprint density at radius 3 is 2.87 bits per heavy atom. The van der Waals surface area contributed by atoms with Gasteiger partial charge in [-0.25, -0.2) is 4.98 Å². The number of hydrogen-bond acceptors (Lipinski definition) is 3. The molecule has 0 bridgehead atoms. The first-order valence-corrected chi connectivity index (χ1v) is 4.34. The number of anilines is 1. The van der Waals surface area contributed by atoms with Gasteiger partial charge in [0.05, 0.1) is 19.0 Å². The van der Waals surface area contributed by atoms with Crippen molar-refractivity contribution in [2.24, 2.45) is 0 Å². The summed E-state index contributed by atoms with van der Waals surface area (Å²) < 4.78 is 19.4. The van der Waals surface area contributed by atoms with Gasteiger partial charge < -0.3 is 10.5 Å². The highest BCUT2D eigenvalue weighted by Crippen LogP contribution is 2.25. The van der Waals surface area contributed by atoms with E-state index in [-0.39, 0.29) is 0 Å². The average molecular weight is 207 g/mol. The molecule has 1 aromatic carbocycles. The predicted molar refractivity (Wildman–Crippen MR) is 54.5 cm³/mol. The van der Waals surface area contributed by atoms with E-state index in [0.29, 0.717) is 17.1 Å². The first-order chi connectivity index (χ1) is 7.20. The molecule has 0 aliphatic rings. The van der Waals surface area contributed by atoms with Gasteiger partial charge in [0.2, 0.25) is 5.95 Å². The molecule has 0 saturated heterocycles. The molecule has 0 aliphatic heterocycles. The van der Waals surface area contributed by atoms with Crippen LogP contribution in [0.25, 0.3) is 5.69 Å². The fourth-order valence-corrected chi connectivity index (χ4v) is 1.34. The molecule has 0 atom stereocenters. The number of hydrogen-bond donors (Lipinski definition) is 1. The third kappa shape index (κ3) is 1.76. The molecule has 0 aliphatic carbocycles. The Hall–Kier alpha value is -2.04. The molecule has 78 valence electrons. The van der Waals surface area contributed by atoms with Gasteiger partial charge in [0.25, 0.3) is 0 Å². The van der Waals surface area contributed by atoms with Crippen molar-refractivity contribution in [1.82, 2.24) is 9.55 Å². The molecular weight excluding hydrogens is 197 g/mol. The van der Waals surface area contributed by atoms with Crippen molar-refractivity contribution in [3.63, 3.8) is 0 Å². The molecule has 2 N–H and O–H groups in total. The number of aromatic nitrogens is 2. The highest BCUT2D eigenvalue weighted by atomic mass is 19.1. The molecule has 2 rings (SSSR count). The Kier molecular flexibility index (Phi) is 2.29. The molecule has 0 unspecified atom stereocenters. The summed E-state index contributed by atoms with van der Waals surface area (Å²) in [6.07, 6.45) is 2.65. The van der Waals surface area contributed by atoms with Crippen LogP contribution in [-0.2, 0) is 0 Å². The first kappa shape index (κ1) is 9.51. The van der Waals surface area contributed by atoms with Crippen LogP contribution in [0.5, 0.6) is 5.75 Å². The SMILES string of the molecule is COc1cc(N)ccc1-n1cnc(F)c1. The summed E-state index contributed by atoms with van der Waals surface area (Å²) in [5.41, 5.74) is 6.90. The van der Waals surface area contributed by atoms with Crippen LogP contribution < -0.4 is 10.5 Å². The smallest absolute Gasteiger partial charge is 0.231 e. The minimum absolute atomic E-state index is 0.533. The van der Waals surface area contributed by atoms with Gasteiger partial charge in [-0.3, -0.25) is 4.57 Å². The lowest BCUT2D eigenvalue weighted by molar-refractivity contribution is 0.413. The van der Waals surface area contributed by atoms with Crippen LogP contribution in [0.15, 0.2) is 30.7 Å². The second kappa shape index (κ2) is 3.61. The van der Waals surface area contributed by atoms with Crippen LogP contribution in [0, 0.1) is 5.95 Å². The molecule has 0 fully saturated rings. The maximum absolute atomic E-state index is 12.7. The molecule has 0 spiro atoms. The fourth-order valence-electron chi connectivity index (χ4n) is 1.34. The summed E-state index contributed by atoms with van der Waals surface area (Å²) in [5, 5.41) is 0. The quantitative estimate of drug-likeness (QED) is 0.761. The molecule has 1 aromatic heterocycles. The Morgan fingerprint density at radius 1 is 1.47 bits per heavy atom. The van der Waals surface area contributed by atoms with Crippen molar-refractivity contribution in [3.05, 3.63) is 36.7 Å². The third-order valence-corrected chi connectivity index (χ3v) is 2.03. The van der Waals surface area contributed by atoms with E-state index in [9.17, 15) is 4.39 Å². The maximum atomic E-state index is 12.7. The molecule has 4 nitrogen and oxygen atoms in total. The number of benzene rings is 1. The van der Waals surface area contributed by atoms with Gasteiger partial charge in [0.1, 0.15) is 12.1 Å². The molecule has 2 aromatic rings. The van der Waals surface area contributed by atoms with E-state index in [1.54, 1.807) is 18.2 Å². The van der Waals surface area contributed by atoms with Crippen LogP contribution in [0.3, 0.4) is 0 Å². The molecule has 0 amide bonds. The standard InChI is InChI=1S/C10H10FN3O/c1-15-9-4-7(12)2-3-8(9)14-5-10(11)13-6-14/h2-6H,12H2,1H3. The Bertz CT molecular complexity index is 481. The molecule has 0 radical (unpaired) electrons. The molecule has 1 heterocycles. The largest absolute Gasteiger partial charge is 0.494 e. The van der Waals surface area contributed by atoms with E-state index in [4.69, 9.17) is 10.5 Å². The number of imidazole rings is 1.